The molecule has 162 valence electrons. The molecular formula is C24H20N2O5S. The number of carbonyl (C=O) groups is 1. The number of amides is 1. The van der Waals surface area contributed by atoms with Crippen LogP contribution in [0.5, 0.6) is 23.0 Å². The van der Waals surface area contributed by atoms with Gasteiger partial charge in [-0.05, 0) is 42.2 Å². The van der Waals surface area contributed by atoms with E-state index in [4.69, 9.17) is 14.2 Å². The lowest BCUT2D eigenvalue weighted by molar-refractivity contribution is -0.114. The van der Waals surface area contributed by atoms with E-state index < -0.39 is 11.0 Å². The van der Waals surface area contributed by atoms with Crippen LogP contribution in [0.15, 0.2) is 67.0 Å². The van der Waals surface area contributed by atoms with Crippen molar-refractivity contribution in [2.24, 2.45) is 0 Å². The molecule has 32 heavy (non-hydrogen) atoms. The van der Waals surface area contributed by atoms with E-state index in [9.17, 15) is 9.00 Å². The second kappa shape index (κ2) is 8.47. The SMILES string of the molecule is COc1cncc(Oc2cccc3c2CCC3Oc2ccc(C3=CC(=O)NS3=O)cc2)c1. The van der Waals surface area contributed by atoms with Crippen molar-refractivity contribution in [3.63, 3.8) is 0 Å². The number of hydrogen-bond donors (Lipinski definition) is 1. The van der Waals surface area contributed by atoms with Crippen molar-refractivity contribution in [3.8, 4) is 23.0 Å². The molecule has 0 fully saturated rings. The van der Waals surface area contributed by atoms with Gasteiger partial charge in [-0.3, -0.25) is 14.5 Å². The third kappa shape index (κ3) is 3.97. The van der Waals surface area contributed by atoms with E-state index in [1.54, 1.807) is 25.6 Å². The fourth-order valence-corrected chi connectivity index (χ4v) is 4.81. The number of nitrogens with zero attached hydrogens (tertiary/aromatic N) is 1. The highest BCUT2D eigenvalue weighted by Gasteiger charge is 2.27. The summed E-state index contributed by atoms with van der Waals surface area (Å²) < 4.78 is 31.9. The maximum absolute atomic E-state index is 11.9. The number of carbonyl (C=O) groups excluding carboxylic acids is 1. The predicted molar refractivity (Wildman–Crippen MR) is 120 cm³/mol. The Kier molecular flexibility index (Phi) is 5.36. The normalized spacial score (nSPS) is 19.2. The molecule has 0 saturated heterocycles. The Hall–Kier alpha value is -3.65. The van der Waals surface area contributed by atoms with Crippen molar-refractivity contribution >= 4 is 21.8 Å². The highest BCUT2D eigenvalue weighted by atomic mass is 32.2. The predicted octanol–water partition coefficient (Wildman–Crippen LogP) is 4.08. The van der Waals surface area contributed by atoms with Crippen LogP contribution >= 0.6 is 0 Å². The Labute approximate surface area is 187 Å². The number of ether oxygens (including phenoxy) is 3. The van der Waals surface area contributed by atoms with Crippen LogP contribution in [-0.4, -0.2) is 22.2 Å². The Morgan fingerprint density at radius 3 is 2.62 bits per heavy atom. The summed E-state index contributed by atoms with van der Waals surface area (Å²) in [6, 6.07) is 15.0. The van der Waals surface area contributed by atoms with Gasteiger partial charge in [-0.15, -0.1) is 0 Å². The molecule has 0 bridgehead atoms. The van der Waals surface area contributed by atoms with Crippen molar-refractivity contribution in [1.29, 1.82) is 0 Å². The van der Waals surface area contributed by atoms with Gasteiger partial charge < -0.3 is 14.2 Å². The molecular weight excluding hydrogens is 428 g/mol. The van der Waals surface area contributed by atoms with Crippen LogP contribution in [0, 0.1) is 0 Å². The smallest absolute Gasteiger partial charge is 0.257 e. The second-order valence-corrected chi connectivity index (χ2v) is 8.58. The minimum Gasteiger partial charge on any atom is -0.495 e. The summed E-state index contributed by atoms with van der Waals surface area (Å²) >= 11 is 0. The Morgan fingerprint density at radius 1 is 1.06 bits per heavy atom. The van der Waals surface area contributed by atoms with Crippen LogP contribution in [0.3, 0.4) is 0 Å². The molecule has 2 atom stereocenters. The molecule has 1 amide bonds. The topological polar surface area (TPSA) is 86.8 Å². The van der Waals surface area contributed by atoms with Gasteiger partial charge in [-0.2, -0.15) is 0 Å². The lowest BCUT2D eigenvalue weighted by atomic mass is 10.1. The van der Waals surface area contributed by atoms with Crippen molar-refractivity contribution in [2.45, 2.75) is 18.9 Å². The van der Waals surface area contributed by atoms with Crippen LogP contribution in [0.4, 0.5) is 0 Å². The molecule has 2 aliphatic rings. The van der Waals surface area contributed by atoms with E-state index in [1.807, 2.05) is 36.4 Å². The first-order valence-electron chi connectivity index (χ1n) is 10.1. The van der Waals surface area contributed by atoms with Crippen molar-refractivity contribution in [1.82, 2.24) is 9.71 Å². The molecule has 2 heterocycles. The van der Waals surface area contributed by atoms with Crippen LogP contribution in [0.2, 0.25) is 0 Å². The molecule has 2 aromatic carbocycles. The van der Waals surface area contributed by atoms with Gasteiger partial charge >= 0.3 is 0 Å². The molecule has 7 nitrogen and oxygen atoms in total. The van der Waals surface area contributed by atoms with E-state index in [-0.39, 0.29) is 12.0 Å². The van der Waals surface area contributed by atoms with Gasteiger partial charge in [-0.1, -0.05) is 24.3 Å². The number of benzene rings is 2. The van der Waals surface area contributed by atoms with E-state index in [1.165, 1.54) is 6.08 Å². The van der Waals surface area contributed by atoms with Gasteiger partial charge in [0, 0.05) is 17.7 Å². The third-order valence-electron chi connectivity index (χ3n) is 5.40. The van der Waals surface area contributed by atoms with Crippen LogP contribution in [-0.2, 0) is 22.2 Å². The number of aromatic nitrogens is 1. The second-order valence-electron chi connectivity index (χ2n) is 7.40. The standard InChI is InChI=1S/C24H20N2O5S/c1-29-17-11-18(14-25-13-17)31-21-4-2-3-19-20(21)9-10-22(19)30-16-7-5-15(6-8-16)23-12-24(27)26-32(23)28/h2-8,11-14,22H,9-10H2,1H3,(H,26,27). The highest BCUT2D eigenvalue weighted by molar-refractivity contribution is 7.93. The fraction of sp³-hybridized carbons (Fsp3) is 0.167. The summed E-state index contributed by atoms with van der Waals surface area (Å²) in [6.07, 6.45) is 6.23. The van der Waals surface area contributed by atoms with Gasteiger partial charge in [0.25, 0.3) is 5.91 Å². The number of nitrogens with one attached hydrogen (secondary N) is 1. The minimum atomic E-state index is -1.51. The van der Waals surface area contributed by atoms with Gasteiger partial charge in [0.2, 0.25) is 0 Å². The number of fused-ring (bicyclic) bond motifs is 1. The fourth-order valence-electron chi connectivity index (χ4n) is 3.89. The van der Waals surface area contributed by atoms with Gasteiger partial charge in [0.15, 0.2) is 11.0 Å². The molecule has 1 aromatic heterocycles. The molecule has 1 N–H and O–H groups in total. The molecule has 8 heteroatoms. The first-order valence-corrected chi connectivity index (χ1v) is 11.3. The van der Waals surface area contributed by atoms with E-state index in [0.717, 1.165) is 35.3 Å². The third-order valence-corrected chi connectivity index (χ3v) is 6.54. The summed E-state index contributed by atoms with van der Waals surface area (Å²) in [5, 5.41) is 0. The van der Waals surface area contributed by atoms with Crippen LogP contribution in [0.25, 0.3) is 4.91 Å². The number of pyridine rings is 1. The molecule has 3 aromatic rings. The number of methoxy groups -OCH3 is 1. The zero-order valence-corrected chi connectivity index (χ0v) is 18.1. The molecule has 0 saturated carbocycles. The van der Waals surface area contributed by atoms with Crippen molar-refractivity contribution in [2.75, 3.05) is 7.11 Å². The van der Waals surface area contributed by atoms with Crippen LogP contribution < -0.4 is 18.9 Å². The molecule has 1 aliphatic heterocycles. The average molecular weight is 449 g/mol. The zero-order valence-electron chi connectivity index (χ0n) is 17.2. The lowest BCUT2D eigenvalue weighted by Gasteiger charge is -2.16. The minimum absolute atomic E-state index is 0.0918. The Morgan fingerprint density at radius 2 is 1.88 bits per heavy atom. The molecule has 0 radical (unpaired) electrons. The average Bonchev–Trinajstić information content (AvgIpc) is 3.37. The molecule has 2 unspecified atom stereocenters. The lowest BCUT2D eigenvalue weighted by Crippen LogP contribution is -2.16. The number of rotatable bonds is 6. The maximum atomic E-state index is 11.9. The molecule has 1 aliphatic carbocycles. The summed E-state index contributed by atoms with van der Waals surface area (Å²) in [7, 11) is 0.0839. The quantitative estimate of drug-likeness (QED) is 0.611. The largest absolute Gasteiger partial charge is 0.495 e. The van der Waals surface area contributed by atoms with Crippen LogP contribution in [0.1, 0.15) is 29.2 Å². The summed E-state index contributed by atoms with van der Waals surface area (Å²) in [5.41, 5.74) is 2.94. The summed E-state index contributed by atoms with van der Waals surface area (Å²) in [5.74, 6) is 2.40. The van der Waals surface area contributed by atoms with Gasteiger partial charge in [-0.25, -0.2) is 4.21 Å². The molecule has 0 spiro atoms. The monoisotopic (exact) mass is 448 g/mol. The van der Waals surface area contributed by atoms with E-state index >= 15 is 0 Å². The first kappa shape index (κ1) is 20.3. The van der Waals surface area contributed by atoms with E-state index in [0.29, 0.717) is 22.2 Å². The van der Waals surface area contributed by atoms with Crippen molar-refractivity contribution in [3.05, 3.63) is 83.7 Å². The van der Waals surface area contributed by atoms with Crippen molar-refractivity contribution < 1.29 is 23.2 Å². The first-order chi connectivity index (χ1) is 15.6. The highest BCUT2D eigenvalue weighted by Crippen LogP contribution is 2.41. The van der Waals surface area contributed by atoms with Gasteiger partial charge in [0.05, 0.1) is 24.4 Å². The van der Waals surface area contributed by atoms with E-state index in [2.05, 4.69) is 15.8 Å². The zero-order chi connectivity index (χ0) is 22.1. The maximum Gasteiger partial charge on any atom is 0.257 e. The summed E-state index contributed by atoms with van der Waals surface area (Å²) in [4.78, 5) is 16.0. The molecule has 5 rings (SSSR count). The Balaban J connectivity index is 1.33. The Bertz CT molecular complexity index is 1240. The number of hydrogen-bond acceptors (Lipinski definition) is 6. The summed E-state index contributed by atoms with van der Waals surface area (Å²) in [6.45, 7) is 0. The van der Waals surface area contributed by atoms with Gasteiger partial charge in [0.1, 0.15) is 29.1 Å².